The lowest BCUT2D eigenvalue weighted by Gasteiger charge is -2.18. The van der Waals surface area contributed by atoms with Crippen molar-refractivity contribution in [1.82, 2.24) is 20.2 Å². The van der Waals surface area contributed by atoms with Gasteiger partial charge in [0.1, 0.15) is 0 Å². The monoisotopic (exact) mass is 293 g/mol. The summed E-state index contributed by atoms with van der Waals surface area (Å²) in [5.74, 6) is 5.71. The molecule has 108 valence electrons. The predicted molar refractivity (Wildman–Crippen MR) is 80.4 cm³/mol. The molecule has 0 bridgehead atoms. The van der Waals surface area contributed by atoms with Crippen molar-refractivity contribution in [2.45, 2.75) is 39.8 Å². The Kier molecular flexibility index (Phi) is 4.75. The molecule has 0 aliphatic rings. The van der Waals surface area contributed by atoms with Crippen LogP contribution in [0.25, 0.3) is 0 Å². The maximum absolute atomic E-state index is 6.35. The van der Waals surface area contributed by atoms with Crippen molar-refractivity contribution < 1.29 is 0 Å². The number of nitrogens with two attached hydrogens (primary N) is 1. The van der Waals surface area contributed by atoms with E-state index in [2.05, 4.69) is 15.5 Å². The average molecular weight is 294 g/mol. The fourth-order valence-corrected chi connectivity index (χ4v) is 2.57. The van der Waals surface area contributed by atoms with Crippen LogP contribution >= 0.6 is 11.6 Å². The van der Waals surface area contributed by atoms with E-state index in [1.54, 1.807) is 6.20 Å². The van der Waals surface area contributed by atoms with E-state index in [1.807, 2.05) is 37.6 Å². The van der Waals surface area contributed by atoms with Gasteiger partial charge in [0.15, 0.2) is 0 Å². The SMILES string of the molecule is CCn1nc(C)c(Cl)c1CC(NN)c1ncccc1C. The number of rotatable bonds is 5. The Morgan fingerprint density at radius 1 is 1.45 bits per heavy atom. The number of halogens is 1. The topological polar surface area (TPSA) is 68.8 Å². The normalized spacial score (nSPS) is 12.7. The molecule has 5 nitrogen and oxygen atoms in total. The van der Waals surface area contributed by atoms with Crippen molar-refractivity contribution in [3.05, 3.63) is 46.0 Å². The number of pyridine rings is 1. The van der Waals surface area contributed by atoms with Crippen LogP contribution in [0.2, 0.25) is 5.02 Å². The molecule has 0 fully saturated rings. The third-order valence-electron chi connectivity index (χ3n) is 3.43. The molecule has 20 heavy (non-hydrogen) atoms. The number of hydrazine groups is 1. The molecular weight excluding hydrogens is 274 g/mol. The molecule has 0 aromatic carbocycles. The maximum Gasteiger partial charge on any atom is 0.0847 e. The van der Waals surface area contributed by atoms with Gasteiger partial charge in [-0.15, -0.1) is 0 Å². The summed E-state index contributed by atoms with van der Waals surface area (Å²) in [7, 11) is 0. The van der Waals surface area contributed by atoms with Crippen molar-refractivity contribution >= 4 is 11.6 Å². The molecule has 2 heterocycles. The van der Waals surface area contributed by atoms with Crippen LogP contribution < -0.4 is 11.3 Å². The molecule has 1 atom stereocenters. The molecule has 1 unspecified atom stereocenters. The minimum absolute atomic E-state index is 0.0879. The van der Waals surface area contributed by atoms with E-state index in [0.717, 1.165) is 29.2 Å². The lowest BCUT2D eigenvalue weighted by atomic mass is 10.0. The molecule has 3 N–H and O–H groups in total. The molecule has 2 aromatic heterocycles. The molecule has 0 amide bonds. The number of hydrogen-bond donors (Lipinski definition) is 2. The van der Waals surface area contributed by atoms with E-state index >= 15 is 0 Å². The first kappa shape index (κ1) is 15.0. The number of aryl methyl sites for hydroxylation is 3. The Morgan fingerprint density at radius 3 is 2.80 bits per heavy atom. The molecule has 0 radical (unpaired) electrons. The van der Waals surface area contributed by atoms with Gasteiger partial charge in [-0.3, -0.25) is 20.9 Å². The van der Waals surface area contributed by atoms with Gasteiger partial charge in [-0.05, 0) is 32.4 Å². The van der Waals surface area contributed by atoms with Crippen LogP contribution in [0.1, 0.15) is 35.6 Å². The molecule has 2 rings (SSSR count). The van der Waals surface area contributed by atoms with Gasteiger partial charge >= 0.3 is 0 Å². The van der Waals surface area contributed by atoms with Gasteiger partial charge < -0.3 is 0 Å². The van der Waals surface area contributed by atoms with Crippen LogP contribution in [0.3, 0.4) is 0 Å². The Morgan fingerprint density at radius 2 is 2.20 bits per heavy atom. The lowest BCUT2D eigenvalue weighted by Crippen LogP contribution is -2.31. The van der Waals surface area contributed by atoms with E-state index in [-0.39, 0.29) is 6.04 Å². The number of nitrogens with one attached hydrogen (secondary N) is 1. The van der Waals surface area contributed by atoms with Crippen molar-refractivity contribution in [2.24, 2.45) is 5.84 Å². The minimum atomic E-state index is -0.0879. The van der Waals surface area contributed by atoms with Crippen molar-refractivity contribution in [3.8, 4) is 0 Å². The lowest BCUT2D eigenvalue weighted by molar-refractivity contribution is 0.505. The van der Waals surface area contributed by atoms with E-state index in [1.165, 1.54) is 0 Å². The summed E-state index contributed by atoms with van der Waals surface area (Å²) in [5, 5.41) is 5.14. The van der Waals surface area contributed by atoms with Gasteiger partial charge in [-0.1, -0.05) is 17.7 Å². The first-order valence-corrected chi connectivity index (χ1v) is 7.05. The second-order valence-electron chi connectivity index (χ2n) is 4.79. The summed E-state index contributed by atoms with van der Waals surface area (Å²) in [6, 6.07) is 3.85. The highest BCUT2D eigenvalue weighted by molar-refractivity contribution is 6.31. The maximum atomic E-state index is 6.35. The second-order valence-corrected chi connectivity index (χ2v) is 5.17. The highest BCUT2D eigenvalue weighted by Gasteiger charge is 2.20. The zero-order valence-electron chi connectivity index (χ0n) is 12.0. The zero-order chi connectivity index (χ0) is 14.7. The summed E-state index contributed by atoms with van der Waals surface area (Å²) in [5.41, 5.74) is 6.70. The fraction of sp³-hybridized carbons (Fsp3) is 0.429. The Hall–Kier alpha value is -1.43. The van der Waals surface area contributed by atoms with Crippen LogP contribution in [0.15, 0.2) is 18.3 Å². The van der Waals surface area contributed by atoms with Crippen LogP contribution in [0, 0.1) is 13.8 Å². The quantitative estimate of drug-likeness (QED) is 0.656. The zero-order valence-corrected chi connectivity index (χ0v) is 12.8. The average Bonchev–Trinajstić information content (AvgIpc) is 2.73. The Bertz CT molecular complexity index is 593. The Labute approximate surface area is 124 Å². The van der Waals surface area contributed by atoms with Gasteiger partial charge in [0, 0.05) is 19.2 Å². The van der Waals surface area contributed by atoms with Crippen LogP contribution in [0.4, 0.5) is 0 Å². The first-order valence-electron chi connectivity index (χ1n) is 6.67. The van der Waals surface area contributed by atoms with E-state index in [4.69, 9.17) is 17.4 Å². The standard InChI is InChI=1S/C14H20ClN5/c1-4-20-12(13(15)10(3)19-20)8-11(18-16)14-9(2)6-5-7-17-14/h5-7,11,18H,4,8,16H2,1-3H3. The highest BCUT2D eigenvalue weighted by atomic mass is 35.5. The first-order chi connectivity index (χ1) is 9.58. The summed E-state index contributed by atoms with van der Waals surface area (Å²) >= 11 is 6.35. The fourth-order valence-electron chi connectivity index (χ4n) is 2.35. The molecule has 2 aromatic rings. The second kappa shape index (κ2) is 6.35. The van der Waals surface area contributed by atoms with E-state index < -0.39 is 0 Å². The van der Waals surface area contributed by atoms with Gasteiger partial charge in [0.05, 0.1) is 28.1 Å². The van der Waals surface area contributed by atoms with Crippen molar-refractivity contribution in [3.63, 3.8) is 0 Å². The van der Waals surface area contributed by atoms with Gasteiger partial charge in [0.25, 0.3) is 0 Å². The third-order valence-corrected chi connectivity index (χ3v) is 3.92. The van der Waals surface area contributed by atoms with Gasteiger partial charge in [-0.25, -0.2) is 0 Å². The molecule has 0 aliphatic carbocycles. The Balaban J connectivity index is 2.34. The van der Waals surface area contributed by atoms with Crippen LogP contribution in [-0.2, 0) is 13.0 Å². The van der Waals surface area contributed by atoms with Gasteiger partial charge in [0.2, 0.25) is 0 Å². The smallest absolute Gasteiger partial charge is 0.0847 e. The summed E-state index contributed by atoms with van der Waals surface area (Å²) in [4.78, 5) is 4.42. The molecule has 0 aliphatic heterocycles. The highest BCUT2D eigenvalue weighted by Crippen LogP contribution is 2.26. The van der Waals surface area contributed by atoms with Crippen molar-refractivity contribution in [2.75, 3.05) is 0 Å². The molecule has 0 spiro atoms. The van der Waals surface area contributed by atoms with Crippen molar-refractivity contribution in [1.29, 1.82) is 0 Å². The van der Waals surface area contributed by atoms with E-state index in [0.29, 0.717) is 11.4 Å². The predicted octanol–water partition coefficient (Wildman–Crippen LogP) is 2.32. The summed E-state index contributed by atoms with van der Waals surface area (Å²) in [6.45, 7) is 6.76. The molecule has 0 saturated carbocycles. The van der Waals surface area contributed by atoms with Crippen LogP contribution in [0.5, 0.6) is 0 Å². The number of nitrogens with zero attached hydrogens (tertiary/aromatic N) is 3. The minimum Gasteiger partial charge on any atom is -0.271 e. The molecule has 6 heteroatoms. The summed E-state index contributed by atoms with van der Waals surface area (Å²) < 4.78 is 1.92. The van der Waals surface area contributed by atoms with Gasteiger partial charge in [-0.2, -0.15) is 5.10 Å². The number of aromatic nitrogens is 3. The largest absolute Gasteiger partial charge is 0.271 e. The van der Waals surface area contributed by atoms with E-state index in [9.17, 15) is 0 Å². The number of hydrogen-bond acceptors (Lipinski definition) is 4. The molecule has 0 saturated heterocycles. The molecular formula is C14H20ClN5. The third kappa shape index (κ3) is 2.85. The summed E-state index contributed by atoms with van der Waals surface area (Å²) in [6.07, 6.45) is 2.43. The van der Waals surface area contributed by atoms with Crippen LogP contribution in [-0.4, -0.2) is 14.8 Å².